The second kappa shape index (κ2) is 4.48. The quantitative estimate of drug-likeness (QED) is 0.553. The van der Waals surface area contributed by atoms with Crippen molar-refractivity contribution >= 4 is 11.8 Å². The van der Waals surface area contributed by atoms with Gasteiger partial charge in [-0.25, -0.2) is 13.6 Å². The minimum Gasteiger partial charge on any atom is -0.494 e. The van der Waals surface area contributed by atoms with Crippen LogP contribution in [0.25, 0.3) is 0 Å². The molecule has 74 valence electrons. The highest BCUT2D eigenvalue weighted by molar-refractivity contribution is 5.52. The average Bonchev–Trinajstić information content (AvgIpc) is 2.12. The number of halogens is 2. The maximum Gasteiger partial charge on any atom is 0.240 e. The fourth-order valence-electron chi connectivity index (χ4n) is 0.945. The molecule has 0 heterocycles. The fourth-order valence-corrected chi connectivity index (χ4v) is 0.945. The molecule has 0 aromatic heterocycles. The van der Waals surface area contributed by atoms with Crippen molar-refractivity contribution in [2.75, 3.05) is 6.61 Å². The number of ether oxygens (including phenoxy) is 1. The first-order valence-electron chi connectivity index (χ1n) is 3.88. The summed E-state index contributed by atoms with van der Waals surface area (Å²) in [6, 6.07) is 1.92. The van der Waals surface area contributed by atoms with Gasteiger partial charge in [-0.3, -0.25) is 0 Å². The zero-order chi connectivity index (χ0) is 10.6. The standard InChI is InChI=1S/C9H7F2NO2/c1-2-14-6-3-7(10)9(12-5-13)8(11)4-6/h3-4H,2H2,1H3. The van der Waals surface area contributed by atoms with Crippen molar-refractivity contribution in [2.45, 2.75) is 6.92 Å². The SMILES string of the molecule is CCOc1cc(F)c(N=C=O)c(F)c1. The molecule has 0 unspecified atom stereocenters. The number of benzene rings is 1. The van der Waals surface area contributed by atoms with E-state index in [9.17, 15) is 13.6 Å². The van der Waals surface area contributed by atoms with Crippen LogP contribution in [-0.2, 0) is 4.79 Å². The van der Waals surface area contributed by atoms with Gasteiger partial charge < -0.3 is 4.74 Å². The molecule has 5 heteroatoms. The molecular weight excluding hydrogens is 192 g/mol. The van der Waals surface area contributed by atoms with Gasteiger partial charge in [0.15, 0.2) is 11.6 Å². The third-order valence-corrected chi connectivity index (χ3v) is 1.46. The van der Waals surface area contributed by atoms with Crippen molar-refractivity contribution in [2.24, 2.45) is 4.99 Å². The Kier molecular flexibility index (Phi) is 3.31. The fraction of sp³-hybridized carbons (Fsp3) is 0.222. The topological polar surface area (TPSA) is 38.7 Å². The minimum atomic E-state index is -0.947. The summed E-state index contributed by atoms with van der Waals surface area (Å²) in [5.74, 6) is -1.83. The summed E-state index contributed by atoms with van der Waals surface area (Å²) in [6.07, 6.45) is 1.07. The van der Waals surface area contributed by atoms with Crippen LogP contribution in [0.3, 0.4) is 0 Å². The molecule has 0 spiro atoms. The smallest absolute Gasteiger partial charge is 0.240 e. The molecule has 0 aliphatic carbocycles. The maximum atomic E-state index is 13.0. The van der Waals surface area contributed by atoms with E-state index in [0.717, 1.165) is 18.2 Å². The predicted octanol–water partition coefficient (Wildman–Crippen LogP) is 2.33. The molecule has 14 heavy (non-hydrogen) atoms. The van der Waals surface area contributed by atoms with Crippen LogP contribution < -0.4 is 4.74 Å². The van der Waals surface area contributed by atoms with Crippen LogP contribution in [0, 0.1) is 11.6 Å². The minimum absolute atomic E-state index is 0.0624. The van der Waals surface area contributed by atoms with Gasteiger partial charge in [0.1, 0.15) is 11.4 Å². The highest BCUT2D eigenvalue weighted by Gasteiger charge is 2.10. The van der Waals surface area contributed by atoms with Gasteiger partial charge in [-0.1, -0.05) is 0 Å². The van der Waals surface area contributed by atoms with Gasteiger partial charge in [-0.05, 0) is 6.92 Å². The summed E-state index contributed by atoms with van der Waals surface area (Å²) in [4.78, 5) is 12.7. The first-order chi connectivity index (χ1) is 6.69. The monoisotopic (exact) mass is 199 g/mol. The molecule has 3 nitrogen and oxygen atoms in total. The van der Waals surface area contributed by atoms with Crippen LogP contribution >= 0.6 is 0 Å². The maximum absolute atomic E-state index is 13.0. The average molecular weight is 199 g/mol. The number of rotatable bonds is 3. The Morgan fingerprint density at radius 3 is 2.43 bits per heavy atom. The van der Waals surface area contributed by atoms with Gasteiger partial charge in [0.05, 0.1) is 6.61 Å². The zero-order valence-electron chi connectivity index (χ0n) is 7.38. The molecule has 0 aliphatic heterocycles. The van der Waals surface area contributed by atoms with E-state index in [1.807, 2.05) is 0 Å². The summed E-state index contributed by atoms with van der Waals surface area (Å²) in [6.45, 7) is 1.99. The van der Waals surface area contributed by atoms with Crippen molar-refractivity contribution in [1.29, 1.82) is 0 Å². The number of isocyanates is 1. The normalized spacial score (nSPS) is 9.36. The van der Waals surface area contributed by atoms with Gasteiger partial charge in [-0.2, -0.15) is 4.99 Å². The van der Waals surface area contributed by atoms with E-state index in [1.54, 1.807) is 6.92 Å². The molecule has 0 N–H and O–H groups in total. The van der Waals surface area contributed by atoms with Crippen LogP contribution in [0.4, 0.5) is 14.5 Å². The van der Waals surface area contributed by atoms with E-state index in [2.05, 4.69) is 4.99 Å². The molecule has 1 rings (SSSR count). The highest BCUT2D eigenvalue weighted by Crippen LogP contribution is 2.26. The summed E-state index contributed by atoms with van der Waals surface area (Å²) in [5, 5.41) is 0. The molecule has 0 atom stereocenters. The first kappa shape index (κ1) is 10.3. The van der Waals surface area contributed by atoms with E-state index < -0.39 is 17.3 Å². The van der Waals surface area contributed by atoms with Crippen LogP contribution in [0.1, 0.15) is 6.92 Å². The summed E-state index contributed by atoms with van der Waals surface area (Å²) < 4.78 is 30.9. The lowest BCUT2D eigenvalue weighted by Gasteiger charge is -2.04. The summed E-state index contributed by atoms with van der Waals surface area (Å²) in [5.41, 5.74) is -0.650. The van der Waals surface area contributed by atoms with E-state index in [-0.39, 0.29) is 5.75 Å². The number of hydrogen-bond donors (Lipinski definition) is 0. The third-order valence-electron chi connectivity index (χ3n) is 1.46. The van der Waals surface area contributed by atoms with Gasteiger partial charge in [0.2, 0.25) is 6.08 Å². The number of nitrogens with zero attached hydrogens (tertiary/aromatic N) is 1. The number of aliphatic imine (C=N–C) groups is 1. The number of carbonyl (C=O) groups excluding carboxylic acids is 1. The largest absolute Gasteiger partial charge is 0.494 e. The van der Waals surface area contributed by atoms with Gasteiger partial charge >= 0.3 is 0 Å². The van der Waals surface area contributed by atoms with Crippen molar-refractivity contribution in [1.82, 2.24) is 0 Å². The molecule has 0 bridgehead atoms. The molecule has 0 amide bonds. The Labute approximate surface area is 79.0 Å². The van der Waals surface area contributed by atoms with Crippen LogP contribution in [0.5, 0.6) is 5.75 Å². The van der Waals surface area contributed by atoms with E-state index in [4.69, 9.17) is 4.74 Å². The predicted molar refractivity (Wildman–Crippen MR) is 45.3 cm³/mol. The second-order valence-corrected chi connectivity index (χ2v) is 2.37. The zero-order valence-corrected chi connectivity index (χ0v) is 7.38. The molecule has 0 radical (unpaired) electrons. The lowest BCUT2D eigenvalue weighted by molar-refractivity contribution is 0.336. The van der Waals surface area contributed by atoms with E-state index in [0.29, 0.717) is 6.61 Å². The first-order valence-corrected chi connectivity index (χ1v) is 3.88. The Bertz CT molecular complexity index is 363. The third kappa shape index (κ3) is 2.14. The lowest BCUT2D eigenvalue weighted by Crippen LogP contribution is -1.93. The Morgan fingerprint density at radius 1 is 1.43 bits per heavy atom. The Balaban J connectivity index is 3.17. The molecule has 0 saturated carbocycles. The summed E-state index contributed by atoms with van der Waals surface area (Å²) in [7, 11) is 0. The van der Waals surface area contributed by atoms with Crippen molar-refractivity contribution in [3.8, 4) is 5.75 Å². The van der Waals surface area contributed by atoms with Gasteiger partial charge in [-0.15, -0.1) is 0 Å². The molecule has 1 aromatic rings. The molecule has 1 aromatic carbocycles. The van der Waals surface area contributed by atoms with Crippen LogP contribution in [-0.4, -0.2) is 12.7 Å². The van der Waals surface area contributed by atoms with Gasteiger partial charge in [0, 0.05) is 12.1 Å². The van der Waals surface area contributed by atoms with E-state index in [1.165, 1.54) is 0 Å². The van der Waals surface area contributed by atoms with E-state index >= 15 is 0 Å². The van der Waals surface area contributed by atoms with Gasteiger partial charge in [0.25, 0.3) is 0 Å². The van der Waals surface area contributed by atoms with Crippen molar-refractivity contribution in [3.05, 3.63) is 23.8 Å². The number of hydrogen-bond acceptors (Lipinski definition) is 3. The Hall–Kier alpha value is -1.74. The highest BCUT2D eigenvalue weighted by atomic mass is 19.1. The van der Waals surface area contributed by atoms with Crippen LogP contribution in [0.2, 0.25) is 0 Å². The van der Waals surface area contributed by atoms with Crippen LogP contribution in [0.15, 0.2) is 17.1 Å². The summed E-state index contributed by atoms with van der Waals surface area (Å²) >= 11 is 0. The molecular formula is C9H7F2NO2. The molecule has 0 saturated heterocycles. The molecule has 0 aliphatic rings. The lowest BCUT2D eigenvalue weighted by atomic mass is 10.3. The molecule has 0 fully saturated rings. The second-order valence-electron chi connectivity index (χ2n) is 2.37. The Morgan fingerprint density at radius 2 is 2.00 bits per heavy atom. The van der Waals surface area contributed by atoms with Crippen molar-refractivity contribution in [3.63, 3.8) is 0 Å². The van der Waals surface area contributed by atoms with Crippen molar-refractivity contribution < 1.29 is 18.3 Å².